The summed E-state index contributed by atoms with van der Waals surface area (Å²) in [5, 5.41) is 2.59. The van der Waals surface area contributed by atoms with Gasteiger partial charge >= 0.3 is 11.9 Å². The normalized spacial score (nSPS) is 14.9. The standard InChI is InChI=1S/C23H25F3N6O3/c1-14-19(6-5-17(28-14)20(33)27-2)31-9-7-30(8-10-31)12-15-3-4-16-18(11-15)29-22(35)32(21(16)34)13-23(24,25)26/h3-6,11H,7-10,12-13H2,1-2H3,(H,27,33)(H,29,35). The van der Waals surface area contributed by atoms with Gasteiger partial charge in [0.25, 0.3) is 11.5 Å². The van der Waals surface area contributed by atoms with E-state index in [0.29, 0.717) is 12.2 Å². The average molecular weight is 490 g/mol. The van der Waals surface area contributed by atoms with Crippen LogP contribution in [0.3, 0.4) is 0 Å². The van der Waals surface area contributed by atoms with Crippen LogP contribution in [0.25, 0.3) is 10.9 Å². The number of aryl methyl sites for hydroxylation is 1. The second kappa shape index (κ2) is 9.53. The number of hydrogen-bond donors (Lipinski definition) is 2. The minimum Gasteiger partial charge on any atom is -0.368 e. The highest BCUT2D eigenvalue weighted by Crippen LogP contribution is 2.22. The van der Waals surface area contributed by atoms with E-state index in [-0.39, 0.29) is 21.4 Å². The van der Waals surface area contributed by atoms with Crippen molar-refractivity contribution in [1.82, 2.24) is 24.8 Å². The van der Waals surface area contributed by atoms with Crippen LogP contribution in [0.4, 0.5) is 18.9 Å². The smallest absolute Gasteiger partial charge is 0.368 e. The molecule has 0 aliphatic carbocycles. The summed E-state index contributed by atoms with van der Waals surface area (Å²) in [5.74, 6) is -0.236. The average Bonchev–Trinajstić information content (AvgIpc) is 2.81. The van der Waals surface area contributed by atoms with Gasteiger partial charge in [-0.3, -0.25) is 19.1 Å². The lowest BCUT2D eigenvalue weighted by Crippen LogP contribution is -2.46. The largest absolute Gasteiger partial charge is 0.406 e. The highest BCUT2D eigenvalue weighted by Gasteiger charge is 2.30. The van der Waals surface area contributed by atoms with Crippen LogP contribution in [-0.2, 0) is 13.1 Å². The number of carbonyl (C=O) groups excluding carboxylic acids is 1. The van der Waals surface area contributed by atoms with Gasteiger partial charge in [-0.25, -0.2) is 9.78 Å². The third kappa shape index (κ3) is 5.37. The number of piperazine rings is 1. The van der Waals surface area contributed by atoms with Gasteiger partial charge in [-0.1, -0.05) is 6.07 Å². The van der Waals surface area contributed by atoms with E-state index in [0.717, 1.165) is 43.1 Å². The van der Waals surface area contributed by atoms with Crippen LogP contribution in [0.2, 0.25) is 0 Å². The minimum atomic E-state index is -4.67. The maximum Gasteiger partial charge on any atom is 0.406 e. The number of alkyl halides is 3. The molecule has 1 fully saturated rings. The molecule has 0 unspecified atom stereocenters. The SMILES string of the molecule is CNC(=O)c1ccc(N2CCN(Cc3ccc4c(=O)n(CC(F)(F)F)c(=O)[nH]c4c3)CC2)c(C)n1. The van der Waals surface area contributed by atoms with E-state index in [2.05, 4.69) is 25.1 Å². The van der Waals surface area contributed by atoms with Gasteiger partial charge in [0, 0.05) is 39.8 Å². The summed E-state index contributed by atoms with van der Waals surface area (Å²) < 4.78 is 38.3. The van der Waals surface area contributed by atoms with E-state index in [1.807, 2.05) is 13.0 Å². The zero-order chi connectivity index (χ0) is 25.3. The fraction of sp³-hybridized carbons (Fsp3) is 0.391. The van der Waals surface area contributed by atoms with Gasteiger partial charge in [0.05, 0.1) is 22.3 Å². The predicted octanol–water partition coefficient (Wildman–Crippen LogP) is 1.64. The molecule has 1 aromatic carbocycles. The summed E-state index contributed by atoms with van der Waals surface area (Å²) in [4.78, 5) is 47.5. The second-order valence-electron chi connectivity index (χ2n) is 8.46. The number of nitrogens with one attached hydrogen (secondary N) is 2. The summed E-state index contributed by atoms with van der Waals surface area (Å²) in [7, 11) is 1.56. The van der Waals surface area contributed by atoms with Crippen molar-refractivity contribution in [1.29, 1.82) is 0 Å². The highest BCUT2D eigenvalue weighted by atomic mass is 19.4. The molecule has 2 N–H and O–H groups in total. The van der Waals surface area contributed by atoms with Crippen LogP contribution in [0.15, 0.2) is 39.9 Å². The molecule has 186 valence electrons. The van der Waals surface area contributed by atoms with Crippen LogP contribution in [0, 0.1) is 6.92 Å². The number of aromatic amines is 1. The number of carbonyl (C=O) groups is 1. The molecule has 0 saturated carbocycles. The van der Waals surface area contributed by atoms with Crippen molar-refractivity contribution in [2.24, 2.45) is 0 Å². The Balaban J connectivity index is 1.45. The molecule has 2 aromatic heterocycles. The Morgan fingerprint density at radius 3 is 2.46 bits per heavy atom. The van der Waals surface area contributed by atoms with Crippen molar-refractivity contribution >= 4 is 22.5 Å². The van der Waals surface area contributed by atoms with Crippen molar-refractivity contribution < 1.29 is 18.0 Å². The summed E-state index contributed by atoms with van der Waals surface area (Å²) in [6.45, 7) is 3.78. The number of pyridine rings is 1. The van der Waals surface area contributed by atoms with Crippen LogP contribution >= 0.6 is 0 Å². The Labute approximate surface area is 198 Å². The molecule has 1 aliphatic heterocycles. The summed E-state index contributed by atoms with van der Waals surface area (Å²) in [6, 6.07) is 8.38. The van der Waals surface area contributed by atoms with Crippen molar-refractivity contribution in [2.75, 3.05) is 38.1 Å². The monoisotopic (exact) mass is 490 g/mol. The third-order valence-corrected chi connectivity index (χ3v) is 6.02. The molecule has 12 heteroatoms. The molecule has 1 aliphatic rings. The zero-order valence-electron chi connectivity index (χ0n) is 19.3. The molecule has 0 radical (unpaired) electrons. The van der Waals surface area contributed by atoms with Gasteiger partial charge in [-0.05, 0) is 36.8 Å². The Kier molecular flexibility index (Phi) is 6.66. The maximum absolute atomic E-state index is 12.7. The molecule has 9 nitrogen and oxygen atoms in total. The summed E-state index contributed by atoms with van der Waals surface area (Å²) in [6.07, 6.45) is -4.67. The number of anilines is 1. The Morgan fingerprint density at radius 2 is 1.83 bits per heavy atom. The van der Waals surface area contributed by atoms with Gasteiger partial charge in [0.15, 0.2) is 0 Å². The number of aromatic nitrogens is 3. The number of H-pyrrole nitrogens is 1. The zero-order valence-corrected chi connectivity index (χ0v) is 19.3. The molecule has 0 atom stereocenters. The van der Waals surface area contributed by atoms with E-state index < -0.39 is 24.0 Å². The molecule has 35 heavy (non-hydrogen) atoms. The first-order chi connectivity index (χ1) is 16.6. The van der Waals surface area contributed by atoms with Crippen molar-refractivity contribution in [3.8, 4) is 0 Å². The van der Waals surface area contributed by atoms with Gasteiger partial charge in [0.2, 0.25) is 0 Å². The van der Waals surface area contributed by atoms with Crippen LogP contribution in [0.1, 0.15) is 21.7 Å². The van der Waals surface area contributed by atoms with Crippen molar-refractivity contribution in [3.63, 3.8) is 0 Å². The number of nitrogens with zero attached hydrogens (tertiary/aromatic N) is 4. The van der Waals surface area contributed by atoms with E-state index in [1.54, 1.807) is 25.2 Å². The Morgan fingerprint density at radius 1 is 1.11 bits per heavy atom. The molecule has 0 spiro atoms. The number of hydrogen-bond acceptors (Lipinski definition) is 6. The quantitative estimate of drug-likeness (QED) is 0.564. The van der Waals surface area contributed by atoms with E-state index in [1.165, 1.54) is 6.07 Å². The van der Waals surface area contributed by atoms with Gasteiger partial charge in [-0.15, -0.1) is 0 Å². The Bertz CT molecular complexity index is 1370. The number of halogens is 3. The molecule has 1 saturated heterocycles. The fourth-order valence-corrected chi connectivity index (χ4v) is 4.27. The number of fused-ring (bicyclic) bond motifs is 1. The van der Waals surface area contributed by atoms with Gasteiger partial charge in [-0.2, -0.15) is 13.2 Å². The minimum absolute atomic E-state index is 0.0330. The van der Waals surface area contributed by atoms with Crippen LogP contribution in [-0.4, -0.2) is 64.7 Å². The third-order valence-electron chi connectivity index (χ3n) is 6.02. The first-order valence-electron chi connectivity index (χ1n) is 11.1. The molecule has 3 aromatic rings. The van der Waals surface area contributed by atoms with Gasteiger partial charge < -0.3 is 15.2 Å². The van der Waals surface area contributed by atoms with Crippen LogP contribution < -0.4 is 21.5 Å². The van der Waals surface area contributed by atoms with Crippen molar-refractivity contribution in [2.45, 2.75) is 26.2 Å². The summed E-state index contributed by atoms with van der Waals surface area (Å²) >= 11 is 0. The molecular formula is C23H25F3N6O3. The topological polar surface area (TPSA) is 103 Å². The van der Waals surface area contributed by atoms with Crippen LogP contribution in [0.5, 0.6) is 0 Å². The number of rotatable bonds is 5. The lowest BCUT2D eigenvalue weighted by atomic mass is 10.1. The lowest BCUT2D eigenvalue weighted by molar-refractivity contribution is -0.141. The van der Waals surface area contributed by atoms with Gasteiger partial charge in [0.1, 0.15) is 12.2 Å². The van der Waals surface area contributed by atoms with Crippen molar-refractivity contribution in [3.05, 3.63) is 68.1 Å². The molecule has 4 rings (SSSR count). The first kappa shape index (κ1) is 24.5. The molecule has 0 bridgehead atoms. The first-order valence-corrected chi connectivity index (χ1v) is 11.1. The van der Waals surface area contributed by atoms with E-state index in [4.69, 9.17) is 0 Å². The lowest BCUT2D eigenvalue weighted by Gasteiger charge is -2.36. The summed E-state index contributed by atoms with van der Waals surface area (Å²) in [5.41, 5.74) is 1.11. The van der Waals surface area contributed by atoms with E-state index in [9.17, 15) is 27.6 Å². The molecule has 1 amide bonds. The van der Waals surface area contributed by atoms with E-state index >= 15 is 0 Å². The Hall–Kier alpha value is -3.67. The maximum atomic E-state index is 12.7. The number of benzene rings is 1. The molecule has 3 heterocycles. The highest BCUT2D eigenvalue weighted by molar-refractivity contribution is 5.92. The fourth-order valence-electron chi connectivity index (χ4n) is 4.27. The number of amides is 1. The second-order valence-corrected chi connectivity index (χ2v) is 8.46. The molecular weight excluding hydrogens is 465 g/mol. The predicted molar refractivity (Wildman–Crippen MR) is 125 cm³/mol.